The van der Waals surface area contributed by atoms with Crippen molar-refractivity contribution in [2.24, 2.45) is 0 Å². The van der Waals surface area contributed by atoms with Crippen molar-refractivity contribution in [3.63, 3.8) is 0 Å². The highest BCUT2D eigenvalue weighted by Gasteiger charge is 2.30. The highest BCUT2D eigenvalue weighted by atomic mass is 16.5. The van der Waals surface area contributed by atoms with Gasteiger partial charge in [-0.05, 0) is 24.3 Å². The fourth-order valence-corrected chi connectivity index (χ4v) is 1.92. The third-order valence-electron chi connectivity index (χ3n) is 3.21. The van der Waals surface area contributed by atoms with E-state index < -0.39 is 5.60 Å². The first-order chi connectivity index (χ1) is 9.13. The molecule has 0 unspecified atom stereocenters. The van der Waals surface area contributed by atoms with E-state index in [-0.39, 0.29) is 12.6 Å². The Labute approximate surface area is 112 Å². The van der Waals surface area contributed by atoms with Crippen LogP contribution in [0, 0.1) is 0 Å². The molecule has 1 fully saturated rings. The van der Waals surface area contributed by atoms with Crippen molar-refractivity contribution < 1.29 is 24.1 Å². The molecule has 0 atom stereocenters. The molecule has 1 saturated heterocycles. The van der Waals surface area contributed by atoms with Gasteiger partial charge >= 0.3 is 5.97 Å². The topological polar surface area (TPSA) is 65.0 Å². The normalized spacial score (nSPS) is 17.8. The Morgan fingerprint density at radius 1 is 1.32 bits per heavy atom. The monoisotopic (exact) mass is 266 g/mol. The van der Waals surface area contributed by atoms with Crippen LogP contribution in [0.4, 0.5) is 0 Å². The molecule has 1 heterocycles. The molecule has 0 saturated carbocycles. The molecule has 2 rings (SSSR count). The van der Waals surface area contributed by atoms with E-state index in [1.54, 1.807) is 24.3 Å². The van der Waals surface area contributed by atoms with E-state index in [4.69, 9.17) is 9.47 Å². The number of esters is 1. The smallest absolute Gasteiger partial charge is 0.337 e. The van der Waals surface area contributed by atoms with Gasteiger partial charge in [0.15, 0.2) is 0 Å². The second-order valence-electron chi connectivity index (χ2n) is 4.64. The van der Waals surface area contributed by atoms with Crippen molar-refractivity contribution >= 4 is 5.97 Å². The lowest BCUT2D eigenvalue weighted by molar-refractivity contribution is -0.0855. The Bertz CT molecular complexity index is 420. The third kappa shape index (κ3) is 3.68. The molecule has 0 amide bonds. The lowest BCUT2D eigenvalue weighted by Gasteiger charge is -2.31. The number of benzene rings is 1. The molecular weight excluding hydrogens is 248 g/mol. The van der Waals surface area contributed by atoms with E-state index in [9.17, 15) is 9.90 Å². The predicted molar refractivity (Wildman–Crippen MR) is 68.3 cm³/mol. The van der Waals surface area contributed by atoms with Gasteiger partial charge in [0, 0.05) is 26.1 Å². The zero-order chi connectivity index (χ0) is 13.7. The van der Waals surface area contributed by atoms with Gasteiger partial charge in [-0.25, -0.2) is 4.79 Å². The third-order valence-corrected chi connectivity index (χ3v) is 3.21. The van der Waals surface area contributed by atoms with Crippen molar-refractivity contribution in [1.29, 1.82) is 0 Å². The molecule has 1 aromatic rings. The standard InChI is InChI=1S/C14H18O5/c1-17-13(15)11-2-4-12(5-3-11)19-10-14(16)6-8-18-9-7-14/h2-5,16H,6-10H2,1H3. The van der Waals surface area contributed by atoms with Crippen LogP contribution in [0.3, 0.4) is 0 Å². The van der Waals surface area contributed by atoms with Gasteiger partial charge < -0.3 is 19.3 Å². The van der Waals surface area contributed by atoms with E-state index in [1.807, 2.05) is 0 Å². The number of aliphatic hydroxyl groups is 1. The Balaban J connectivity index is 1.91. The van der Waals surface area contributed by atoms with E-state index >= 15 is 0 Å². The number of hydrogen-bond donors (Lipinski definition) is 1. The number of methoxy groups -OCH3 is 1. The minimum atomic E-state index is -0.820. The first-order valence-electron chi connectivity index (χ1n) is 6.24. The molecule has 1 aliphatic heterocycles. The van der Waals surface area contributed by atoms with Crippen LogP contribution >= 0.6 is 0 Å². The number of rotatable bonds is 4. The average Bonchev–Trinajstić information content (AvgIpc) is 2.46. The number of hydrogen-bond acceptors (Lipinski definition) is 5. The summed E-state index contributed by atoms with van der Waals surface area (Å²) in [5.41, 5.74) is -0.348. The SMILES string of the molecule is COC(=O)c1ccc(OCC2(O)CCOCC2)cc1. The predicted octanol–water partition coefficient (Wildman–Crippen LogP) is 1.39. The molecule has 1 aromatic carbocycles. The lowest BCUT2D eigenvalue weighted by atomic mass is 9.96. The maximum atomic E-state index is 11.3. The minimum absolute atomic E-state index is 0.230. The van der Waals surface area contributed by atoms with Gasteiger partial charge in [0.1, 0.15) is 18.0 Å². The van der Waals surface area contributed by atoms with Crippen LogP contribution in [0.5, 0.6) is 5.75 Å². The quantitative estimate of drug-likeness (QED) is 0.834. The summed E-state index contributed by atoms with van der Waals surface area (Å²) in [5, 5.41) is 10.2. The van der Waals surface area contributed by atoms with Crippen LogP contribution in [0.15, 0.2) is 24.3 Å². The van der Waals surface area contributed by atoms with Gasteiger partial charge in [-0.15, -0.1) is 0 Å². The van der Waals surface area contributed by atoms with E-state index in [0.717, 1.165) is 0 Å². The van der Waals surface area contributed by atoms with Gasteiger partial charge in [-0.3, -0.25) is 0 Å². The maximum absolute atomic E-state index is 11.3. The fraction of sp³-hybridized carbons (Fsp3) is 0.500. The highest BCUT2D eigenvalue weighted by molar-refractivity contribution is 5.89. The first-order valence-corrected chi connectivity index (χ1v) is 6.24. The molecule has 5 nitrogen and oxygen atoms in total. The molecule has 104 valence electrons. The zero-order valence-electron chi connectivity index (χ0n) is 10.9. The lowest BCUT2D eigenvalue weighted by Crippen LogP contribution is -2.41. The van der Waals surface area contributed by atoms with Crippen molar-refractivity contribution in [2.75, 3.05) is 26.9 Å². The van der Waals surface area contributed by atoms with Crippen LogP contribution in [-0.2, 0) is 9.47 Å². The summed E-state index contributed by atoms with van der Waals surface area (Å²) in [6.45, 7) is 1.34. The summed E-state index contributed by atoms with van der Waals surface area (Å²) < 4.78 is 15.4. The van der Waals surface area contributed by atoms with Gasteiger partial charge in [-0.1, -0.05) is 0 Å². The van der Waals surface area contributed by atoms with Crippen molar-refractivity contribution in [3.8, 4) is 5.75 Å². The first kappa shape index (κ1) is 13.8. The Hall–Kier alpha value is -1.59. The van der Waals surface area contributed by atoms with Crippen LogP contribution in [0.2, 0.25) is 0 Å². The van der Waals surface area contributed by atoms with Crippen LogP contribution in [0.25, 0.3) is 0 Å². The van der Waals surface area contributed by atoms with E-state index in [1.165, 1.54) is 7.11 Å². The molecule has 19 heavy (non-hydrogen) atoms. The number of carbonyl (C=O) groups excluding carboxylic acids is 1. The summed E-state index contributed by atoms with van der Waals surface area (Å²) >= 11 is 0. The summed E-state index contributed by atoms with van der Waals surface area (Å²) in [4.78, 5) is 11.3. The van der Waals surface area contributed by atoms with Gasteiger partial charge in [-0.2, -0.15) is 0 Å². The number of ether oxygens (including phenoxy) is 3. The molecule has 0 spiro atoms. The molecule has 0 bridgehead atoms. The molecule has 0 aromatic heterocycles. The Morgan fingerprint density at radius 2 is 1.95 bits per heavy atom. The van der Waals surface area contributed by atoms with Gasteiger partial charge in [0.05, 0.1) is 12.7 Å². The largest absolute Gasteiger partial charge is 0.491 e. The molecule has 5 heteroatoms. The molecule has 0 aliphatic carbocycles. The van der Waals surface area contributed by atoms with Crippen molar-refractivity contribution in [2.45, 2.75) is 18.4 Å². The second-order valence-corrected chi connectivity index (χ2v) is 4.64. The number of carbonyl (C=O) groups is 1. The second kappa shape index (κ2) is 6.04. The van der Waals surface area contributed by atoms with Crippen molar-refractivity contribution in [1.82, 2.24) is 0 Å². The van der Waals surface area contributed by atoms with Crippen molar-refractivity contribution in [3.05, 3.63) is 29.8 Å². The van der Waals surface area contributed by atoms with Crippen LogP contribution in [-0.4, -0.2) is 43.6 Å². The van der Waals surface area contributed by atoms with Crippen LogP contribution in [0.1, 0.15) is 23.2 Å². The Morgan fingerprint density at radius 3 is 2.53 bits per heavy atom. The fourth-order valence-electron chi connectivity index (χ4n) is 1.92. The van der Waals surface area contributed by atoms with Crippen LogP contribution < -0.4 is 4.74 Å². The average molecular weight is 266 g/mol. The van der Waals surface area contributed by atoms with Gasteiger partial charge in [0.2, 0.25) is 0 Å². The summed E-state index contributed by atoms with van der Waals surface area (Å²) in [5.74, 6) is 0.238. The highest BCUT2D eigenvalue weighted by Crippen LogP contribution is 2.22. The minimum Gasteiger partial charge on any atom is -0.491 e. The van der Waals surface area contributed by atoms with Gasteiger partial charge in [0.25, 0.3) is 0 Å². The van der Waals surface area contributed by atoms with E-state index in [2.05, 4.69) is 4.74 Å². The molecule has 1 aliphatic rings. The van der Waals surface area contributed by atoms with E-state index in [0.29, 0.717) is 37.4 Å². The summed E-state index contributed by atoms with van der Waals surface area (Å²) in [6, 6.07) is 6.65. The summed E-state index contributed by atoms with van der Waals surface area (Å²) in [7, 11) is 1.34. The Kier molecular flexibility index (Phi) is 4.39. The molecular formula is C14H18O5. The maximum Gasteiger partial charge on any atom is 0.337 e. The molecule has 0 radical (unpaired) electrons. The zero-order valence-corrected chi connectivity index (χ0v) is 10.9. The molecule has 1 N–H and O–H groups in total. The summed E-state index contributed by atoms with van der Waals surface area (Å²) in [6.07, 6.45) is 1.15.